The summed E-state index contributed by atoms with van der Waals surface area (Å²) in [6.45, 7) is 1.91. The highest BCUT2D eigenvalue weighted by Gasteiger charge is 2.04. The fourth-order valence-electron chi connectivity index (χ4n) is 1.26. The van der Waals surface area contributed by atoms with Gasteiger partial charge in [-0.2, -0.15) is 5.10 Å². The highest BCUT2D eigenvalue weighted by molar-refractivity contribution is 5.99. The smallest absolute Gasteiger partial charge is 0.161 e. The molecule has 0 fully saturated rings. The van der Waals surface area contributed by atoms with E-state index >= 15 is 0 Å². The van der Waals surface area contributed by atoms with Crippen LogP contribution in [-0.2, 0) is 0 Å². The number of methoxy groups -OCH3 is 1. The SMILES string of the molecule is COc1cc(/C(C)=N/N(C)C)ccc1O. The van der Waals surface area contributed by atoms with E-state index in [2.05, 4.69) is 5.10 Å². The first-order valence-corrected chi connectivity index (χ1v) is 4.64. The maximum absolute atomic E-state index is 9.42. The van der Waals surface area contributed by atoms with Crippen LogP contribution in [0.5, 0.6) is 11.5 Å². The Hall–Kier alpha value is -1.71. The van der Waals surface area contributed by atoms with Crippen LogP contribution in [0.1, 0.15) is 12.5 Å². The number of hydrazone groups is 1. The van der Waals surface area contributed by atoms with Crippen molar-refractivity contribution >= 4 is 5.71 Å². The maximum atomic E-state index is 9.42. The number of nitrogens with zero attached hydrogens (tertiary/aromatic N) is 2. The molecule has 0 saturated heterocycles. The molecule has 1 N–H and O–H groups in total. The van der Waals surface area contributed by atoms with Crippen LogP contribution in [0.15, 0.2) is 23.3 Å². The summed E-state index contributed by atoms with van der Waals surface area (Å²) in [5, 5.41) is 15.4. The average molecular weight is 208 g/mol. The van der Waals surface area contributed by atoms with Crippen molar-refractivity contribution in [2.75, 3.05) is 21.2 Å². The van der Waals surface area contributed by atoms with E-state index in [1.165, 1.54) is 7.11 Å². The minimum absolute atomic E-state index is 0.138. The molecule has 0 aliphatic heterocycles. The molecule has 0 aliphatic rings. The lowest BCUT2D eigenvalue weighted by molar-refractivity contribution is 0.373. The largest absolute Gasteiger partial charge is 0.504 e. The molecule has 0 heterocycles. The van der Waals surface area contributed by atoms with E-state index in [1.807, 2.05) is 21.0 Å². The number of aromatic hydroxyl groups is 1. The Morgan fingerprint density at radius 3 is 2.60 bits per heavy atom. The lowest BCUT2D eigenvalue weighted by Gasteiger charge is -2.09. The lowest BCUT2D eigenvalue weighted by atomic mass is 10.1. The Labute approximate surface area is 89.8 Å². The number of phenols is 1. The van der Waals surface area contributed by atoms with Crippen LogP contribution in [0.2, 0.25) is 0 Å². The van der Waals surface area contributed by atoms with Gasteiger partial charge in [0.1, 0.15) is 0 Å². The first-order valence-electron chi connectivity index (χ1n) is 4.64. The van der Waals surface area contributed by atoms with Gasteiger partial charge in [-0.15, -0.1) is 0 Å². The summed E-state index contributed by atoms with van der Waals surface area (Å²) < 4.78 is 5.02. The van der Waals surface area contributed by atoms with Gasteiger partial charge >= 0.3 is 0 Å². The molecule has 1 aromatic rings. The number of hydrogen-bond donors (Lipinski definition) is 1. The first kappa shape index (κ1) is 11.4. The standard InChI is InChI=1S/C11H16N2O2/c1-8(12-13(2)3)9-5-6-10(14)11(7-9)15-4/h5-7,14H,1-4H3/b12-8+. The van der Waals surface area contributed by atoms with E-state index in [0.29, 0.717) is 5.75 Å². The molecule has 4 nitrogen and oxygen atoms in total. The molecule has 4 heteroatoms. The minimum atomic E-state index is 0.138. The van der Waals surface area contributed by atoms with Gasteiger partial charge in [-0.25, -0.2) is 0 Å². The van der Waals surface area contributed by atoms with Gasteiger partial charge in [-0.1, -0.05) is 0 Å². The van der Waals surface area contributed by atoms with E-state index in [1.54, 1.807) is 23.2 Å². The monoisotopic (exact) mass is 208 g/mol. The van der Waals surface area contributed by atoms with E-state index in [0.717, 1.165) is 11.3 Å². The van der Waals surface area contributed by atoms with E-state index in [9.17, 15) is 5.11 Å². The summed E-state index contributed by atoms with van der Waals surface area (Å²) in [5.74, 6) is 0.597. The Balaban J connectivity index is 3.06. The molecule has 1 aromatic carbocycles. The molecule has 1 rings (SSSR count). The van der Waals surface area contributed by atoms with Gasteiger partial charge in [0.15, 0.2) is 11.5 Å². The third kappa shape index (κ3) is 2.87. The molecule has 0 amide bonds. The van der Waals surface area contributed by atoms with Gasteiger partial charge < -0.3 is 14.9 Å². The molecule has 0 unspecified atom stereocenters. The first-order chi connectivity index (χ1) is 7.04. The van der Waals surface area contributed by atoms with Crippen molar-refractivity contribution in [3.8, 4) is 11.5 Å². The average Bonchev–Trinajstić information content (AvgIpc) is 2.17. The molecule has 0 saturated carbocycles. The fraction of sp³-hybridized carbons (Fsp3) is 0.364. The molecule has 15 heavy (non-hydrogen) atoms. The van der Waals surface area contributed by atoms with Crippen LogP contribution < -0.4 is 4.74 Å². The maximum Gasteiger partial charge on any atom is 0.161 e. The lowest BCUT2D eigenvalue weighted by Crippen LogP contribution is -2.07. The van der Waals surface area contributed by atoms with Gasteiger partial charge in [-0.05, 0) is 25.1 Å². The minimum Gasteiger partial charge on any atom is -0.504 e. The van der Waals surface area contributed by atoms with E-state index < -0.39 is 0 Å². The molecular weight excluding hydrogens is 192 g/mol. The van der Waals surface area contributed by atoms with Crippen LogP contribution in [0.4, 0.5) is 0 Å². The summed E-state index contributed by atoms with van der Waals surface area (Å²) in [4.78, 5) is 0. The highest BCUT2D eigenvalue weighted by atomic mass is 16.5. The Bertz CT molecular complexity index is 373. The third-order valence-electron chi connectivity index (χ3n) is 1.95. The summed E-state index contributed by atoms with van der Waals surface area (Å²) in [6, 6.07) is 5.17. The summed E-state index contributed by atoms with van der Waals surface area (Å²) in [5.41, 5.74) is 1.80. The molecule has 0 bridgehead atoms. The van der Waals surface area contributed by atoms with Crippen molar-refractivity contribution < 1.29 is 9.84 Å². The number of rotatable bonds is 3. The van der Waals surface area contributed by atoms with Crippen LogP contribution >= 0.6 is 0 Å². The van der Waals surface area contributed by atoms with Gasteiger partial charge in [0.05, 0.1) is 12.8 Å². The van der Waals surface area contributed by atoms with Crippen LogP contribution in [0.3, 0.4) is 0 Å². The van der Waals surface area contributed by atoms with Crippen molar-refractivity contribution in [1.29, 1.82) is 0 Å². The van der Waals surface area contributed by atoms with E-state index in [-0.39, 0.29) is 5.75 Å². The number of hydrogen-bond acceptors (Lipinski definition) is 4. The van der Waals surface area contributed by atoms with Gasteiger partial charge in [-0.3, -0.25) is 0 Å². The predicted molar refractivity (Wildman–Crippen MR) is 60.6 cm³/mol. The second kappa shape index (κ2) is 4.68. The topological polar surface area (TPSA) is 45.1 Å². The second-order valence-corrected chi connectivity index (χ2v) is 3.42. The molecule has 0 radical (unpaired) electrons. The zero-order chi connectivity index (χ0) is 11.4. The van der Waals surface area contributed by atoms with Gasteiger partial charge in [0, 0.05) is 19.7 Å². The van der Waals surface area contributed by atoms with Gasteiger partial charge in [0.25, 0.3) is 0 Å². The Kier molecular flexibility index (Phi) is 3.55. The highest BCUT2D eigenvalue weighted by Crippen LogP contribution is 2.26. The van der Waals surface area contributed by atoms with Crippen LogP contribution in [0, 0.1) is 0 Å². The van der Waals surface area contributed by atoms with Crippen molar-refractivity contribution in [3.63, 3.8) is 0 Å². The molecule has 82 valence electrons. The van der Waals surface area contributed by atoms with Crippen molar-refractivity contribution in [2.45, 2.75) is 6.92 Å². The quantitative estimate of drug-likeness (QED) is 0.607. The van der Waals surface area contributed by atoms with Crippen molar-refractivity contribution in [1.82, 2.24) is 5.01 Å². The summed E-state index contributed by atoms with van der Waals surface area (Å²) in [6.07, 6.45) is 0. The molecule has 0 spiro atoms. The van der Waals surface area contributed by atoms with E-state index in [4.69, 9.17) is 4.74 Å². The Morgan fingerprint density at radius 1 is 1.40 bits per heavy atom. The fourth-order valence-corrected chi connectivity index (χ4v) is 1.26. The third-order valence-corrected chi connectivity index (χ3v) is 1.95. The Morgan fingerprint density at radius 2 is 2.07 bits per heavy atom. The number of ether oxygens (including phenoxy) is 1. The predicted octanol–water partition coefficient (Wildman–Crippen LogP) is 1.69. The summed E-state index contributed by atoms with van der Waals surface area (Å²) >= 11 is 0. The second-order valence-electron chi connectivity index (χ2n) is 3.42. The molecule has 0 atom stereocenters. The zero-order valence-corrected chi connectivity index (χ0v) is 9.48. The molecule has 0 aliphatic carbocycles. The number of benzene rings is 1. The van der Waals surface area contributed by atoms with Crippen molar-refractivity contribution in [3.05, 3.63) is 23.8 Å². The zero-order valence-electron chi connectivity index (χ0n) is 9.48. The molecular formula is C11H16N2O2. The number of phenolic OH excluding ortho intramolecular Hbond substituents is 1. The normalized spacial score (nSPS) is 11.3. The van der Waals surface area contributed by atoms with Gasteiger partial charge in [0.2, 0.25) is 0 Å². The van der Waals surface area contributed by atoms with Crippen molar-refractivity contribution in [2.24, 2.45) is 5.10 Å². The van der Waals surface area contributed by atoms with Crippen LogP contribution in [-0.4, -0.2) is 37.0 Å². The molecule has 0 aromatic heterocycles. The summed E-state index contributed by atoms with van der Waals surface area (Å²) in [7, 11) is 5.25. The van der Waals surface area contributed by atoms with Crippen LogP contribution in [0.25, 0.3) is 0 Å².